The Morgan fingerprint density at radius 2 is 1.80 bits per heavy atom. The minimum Gasteiger partial charge on any atom is -0.235 e. The molecule has 0 aromatic carbocycles. The molecule has 0 aromatic heterocycles. The number of thiol groups is 1. The van der Waals surface area contributed by atoms with Gasteiger partial charge >= 0.3 is 0 Å². The van der Waals surface area contributed by atoms with Crippen molar-refractivity contribution < 1.29 is 0 Å². The standard InChI is InChI=1S/C3H8BS/c1-3(2)4-5/h3,5H,1-2H3. The average molecular weight is 87.0 g/mol. The monoisotopic (exact) mass is 87.0 g/mol. The molecule has 1 radical (unpaired) electrons. The minimum absolute atomic E-state index is 0.623. The van der Waals surface area contributed by atoms with E-state index in [1.165, 1.54) is 0 Å². The zero-order valence-corrected chi connectivity index (χ0v) is 4.50. The van der Waals surface area contributed by atoms with Crippen LogP contribution in [-0.2, 0) is 0 Å². The first-order chi connectivity index (χ1) is 2.27. The van der Waals surface area contributed by atoms with Gasteiger partial charge in [0.15, 0.2) is 6.56 Å². The summed E-state index contributed by atoms with van der Waals surface area (Å²) in [5.41, 5.74) is 0. The van der Waals surface area contributed by atoms with Crippen molar-refractivity contribution in [2.24, 2.45) is 0 Å². The van der Waals surface area contributed by atoms with Crippen LogP contribution in [0, 0.1) is 0 Å². The summed E-state index contributed by atoms with van der Waals surface area (Å²) in [5, 5.41) is 0. The highest BCUT2D eigenvalue weighted by atomic mass is 32.1. The molecule has 0 bridgehead atoms. The van der Waals surface area contributed by atoms with Crippen molar-refractivity contribution in [1.29, 1.82) is 0 Å². The summed E-state index contributed by atoms with van der Waals surface area (Å²) in [6.45, 7) is 6.04. The number of hydrogen-bond donors (Lipinski definition) is 1. The van der Waals surface area contributed by atoms with E-state index < -0.39 is 0 Å². The molecular weight excluding hydrogens is 78.9 g/mol. The average Bonchev–Trinajstić information content (AvgIpc) is 1.38. The van der Waals surface area contributed by atoms with E-state index in [1.54, 1.807) is 0 Å². The Balaban J connectivity index is 2.54. The van der Waals surface area contributed by atoms with Gasteiger partial charge in [-0.2, -0.15) is 0 Å². The second-order valence-corrected chi connectivity index (χ2v) is 1.69. The van der Waals surface area contributed by atoms with Crippen molar-refractivity contribution in [3.05, 3.63) is 0 Å². The summed E-state index contributed by atoms with van der Waals surface area (Å²) in [6, 6.07) is 0. The van der Waals surface area contributed by atoms with Crippen LogP contribution in [0.1, 0.15) is 13.8 Å². The summed E-state index contributed by atoms with van der Waals surface area (Å²) in [5.74, 6) is 0.623. The van der Waals surface area contributed by atoms with Gasteiger partial charge in [0, 0.05) is 0 Å². The molecule has 0 aliphatic rings. The Morgan fingerprint density at radius 1 is 1.60 bits per heavy atom. The van der Waals surface area contributed by atoms with E-state index >= 15 is 0 Å². The molecule has 0 aromatic rings. The summed E-state index contributed by atoms with van der Waals surface area (Å²) >= 11 is 3.89. The Morgan fingerprint density at radius 3 is 1.80 bits per heavy atom. The smallest absolute Gasteiger partial charge is 0.190 e. The maximum Gasteiger partial charge on any atom is 0.190 e. The van der Waals surface area contributed by atoms with Crippen LogP contribution in [0.15, 0.2) is 0 Å². The molecule has 0 aliphatic carbocycles. The first kappa shape index (κ1) is 5.41. The second-order valence-electron chi connectivity index (χ2n) is 1.39. The molecule has 2 heteroatoms. The highest BCUT2D eigenvalue weighted by Gasteiger charge is 1.84. The Hall–Kier alpha value is 0.415. The number of rotatable bonds is 1. The molecule has 0 heterocycles. The van der Waals surface area contributed by atoms with Gasteiger partial charge in [0.1, 0.15) is 0 Å². The van der Waals surface area contributed by atoms with E-state index in [-0.39, 0.29) is 0 Å². The predicted octanol–water partition coefficient (Wildman–Crippen LogP) is 1.36. The fraction of sp³-hybridized carbons (Fsp3) is 1.00. The van der Waals surface area contributed by atoms with Gasteiger partial charge < -0.3 is 0 Å². The van der Waals surface area contributed by atoms with E-state index in [4.69, 9.17) is 0 Å². The Kier molecular flexibility index (Phi) is 2.86. The van der Waals surface area contributed by atoms with Gasteiger partial charge in [-0.3, -0.25) is 0 Å². The molecule has 0 N–H and O–H groups in total. The Bertz CT molecular complexity index is 20.9. The van der Waals surface area contributed by atoms with Crippen molar-refractivity contribution in [3.8, 4) is 0 Å². The molecule has 0 saturated heterocycles. The third-order valence-electron chi connectivity index (χ3n) is 0.298. The summed E-state index contributed by atoms with van der Waals surface area (Å²) in [4.78, 5) is 0. The second kappa shape index (κ2) is 2.64. The van der Waals surface area contributed by atoms with E-state index in [1.807, 2.05) is 6.56 Å². The van der Waals surface area contributed by atoms with Gasteiger partial charge in [-0.1, -0.05) is 19.7 Å². The lowest BCUT2D eigenvalue weighted by atomic mass is 9.90. The lowest BCUT2D eigenvalue weighted by Crippen LogP contribution is -1.80. The molecule has 0 nitrogen and oxygen atoms in total. The number of hydrogen-bond acceptors (Lipinski definition) is 1. The molecule has 0 aliphatic heterocycles. The summed E-state index contributed by atoms with van der Waals surface area (Å²) in [7, 11) is 0. The van der Waals surface area contributed by atoms with E-state index in [0.29, 0.717) is 5.82 Å². The zero-order valence-electron chi connectivity index (χ0n) is 3.60. The van der Waals surface area contributed by atoms with Gasteiger partial charge in [0.2, 0.25) is 0 Å². The van der Waals surface area contributed by atoms with Crippen LogP contribution in [0.5, 0.6) is 0 Å². The van der Waals surface area contributed by atoms with Gasteiger partial charge in [-0.05, 0) is 0 Å². The quantitative estimate of drug-likeness (QED) is 0.362. The largest absolute Gasteiger partial charge is 0.235 e. The van der Waals surface area contributed by atoms with Crippen LogP contribution in [-0.4, -0.2) is 6.56 Å². The minimum atomic E-state index is 0.623. The molecule has 5 heavy (non-hydrogen) atoms. The van der Waals surface area contributed by atoms with Crippen LogP contribution < -0.4 is 0 Å². The molecule has 0 amide bonds. The van der Waals surface area contributed by atoms with Gasteiger partial charge in [0.05, 0.1) is 0 Å². The third-order valence-corrected chi connectivity index (χ3v) is 0.894. The Labute approximate surface area is 39.5 Å². The predicted molar refractivity (Wildman–Crippen MR) is 29.8 cm³/mol. The molecular formula is C3H8BS. The first-order valence-electron chi connectivity index (χ1n) is 1.75. The van der Waals surface area contributed by atoms with Crippen LogP contribution in [0.2, 0.25) is 5.82 Å². The zero-order chi connectivity index (χ0) is 4.28. The van der Waals surface area contributed by atoms with Gasteiger partial charge in [-0.15, -0.1) is 0 Å². The van der Waals surface area contributed by atoms with Crippen molar-refractivity contribution in [2.75, 3.05) is 0 Å². The molecule has 0 fully saturated rings. The van der Waals surface area contributed by atoms with E-state index in [0.717, 1.165) is 0 Å². The molecule has 0 rings (SSSR count). The highest BCUT2D eigenvalue weighted by Crippen LogP contribution is 1.96. The molecule has 0 spiro atoms. The van der Waals surface area contributed by atoms with Crippen molar-refractivity contribution >= 4 is 19.0 Å². The highest BCUT2D eigenvalue weighted by molar-refractivity contribution is 8.06. The van der Waals surface area contributed by atoms with Crippen molar-refractivity contribution in [1.82, 2.24) is 0 Å². The van der Waals surface area contributed by atoms with Crippen LogP contribution in [0.3, 0.4) is 0 Å². The topological polar surface area (TPSA) is 0 Å². The third kappa shape index (κ3) is 4.41. The van der Waals surface area contributed by atoms with Gasteiger partial charge in [-0.25, -0.2) is 12.5 Å². The first-order valence-corrected chi connectivity index (χ1v) is 2.26. The SMILES string of the molecule is CC(C)[B]S. The lowest BCUT2D eigenvalue weighted by Gasteiger charge is -1.87. The summed E-state index contributed by atoms with van der Waals surface area (Å²) in [6.07, 6.45) is 0. The maximum atomic E-state index is 3.89. The molecule has 0 atom stereocenters. The van der Waals surface area contributed by atoms with Crippen LogP contribution >= 0.6 is 12.5 Å². The molecule has 0 saturated carbocycles. The normalized spacial score (nSPS) is 8.80. The lowest BCUT2D eigenvalue weighted by molar-refractivity contribution is 1.07. The van der Waals surface area contributed by atoms with E-state index in [9.17, 15) is 0 Å². The maximum absolute atomic E-state index is 3.89. The van der Waals surface area contributed by atoms with Gasteiger partial charge in [0.25, 0.3) is 0 Å². The summed E-state index contributed by atoms with van der Waals surface area (Å²) < 4.78 is 0. The van der Waals surface area contributed by atoms with Crippen molar-refractivity contribution in [2.45, 2.75) is 19.7 Å². The molecule has 29 valence electrons. The fourth-order valence-corrected chi connectivity index (χ4v) is 0. The van der Waals surface area contributed by atoms with E-state index in [2.05, 4.69) is 26.3 Å². The fourth-order valence-electron chi connectivity index (χ4n) is 0. The van der Waals surface area contributed by atoms with Crippen molar-refractivity contribution in [3.63, 3.8) is 0 Å². The van der Waals surface area contributed by atoms with Crippen LogP contribution in [0.4, 0.5) is 0 Å². The van der Waals surface area contributed by atoms with Crippen LogP contribution in [0.25, 0.3) is 0 Å². The molecule has 0 unspecified atom stereocenters.